The van der Waals surface area contributed by atoms with Crippen LogP contribution in [0.25, 0.3) is 0 Å². The van der Waals surface area contributed by atoms with Crippen molar-refractivity contribution < 1.29 is 13.6 Å². The van der Waals surface area contributed by atoms with E-state index in [1.807, 2.05) is 19.4 Å². The number of methoxy groups -OCH3 is 1. The Labute approximate surface area is 154 Å². The van der Waals surface area contributed by atoms with E-state index in [0.717, 1.165) is 38.4 Å². The Morgan fingerprint density at radius 3 is 2.48 bits per heavy atom. The quantitative estimate of drug-likeness (QED) is 0.581. The summed E-state index contributed by atoms with van der Waals surface area (Å²) in [5.41, 5.74) is 1.30. The van der Waals surface area contributed by atoms with Crippen molar-refractivity contribution in [2.75, 3.05) is 27.9 Å². The molecule has 4 nitrogen and oxygen atoms in total. The van der Waals surface area contributed by atoms with Crippen molar-refractivity contribution in [1.82, 2.24) is 4.90 Å². The fraction of sp³-hybridized carbons (Fsp3) is 0.600. The van der Waals surface area contributed by atoms with Crippen molar-refractivity contribution in [3.63, 3.8) is 0 Å². The van der Waals surface area contributed by atoms with Gasteiger partial charge in [-0.3, -0.25) is 0 Å². The van der Waals surface area contributed by atoms with E-state index in [1.165, 1.54) is 18.4 Å². The lowest BCUT2D eigenvalue weighted by Crippen LogP contribution is -2.64. The van der Waals surface area contributed by atoms with Gasteiger partial charge >= 0.3 is 8.56 Å². The third-order valence-electron chi connectivity index (χ3n) is 5.59. The summed E-state index contributed by atoms with van der Waals surface area (Å²) < 4.78 is 18.0. The predicted molar refractivity (Wildman–Crippen MR) is 104 cm³/mol. The lowest BCUT2D eigenvalue weighted by molar-refractivity contribution is -0.0166. The largest absolute Gasteiger partial charge is 0.396 e. The molecule has 1 aromatic carbocycles. The van der Waals surface area contributed by atoms with Crippen LogP contribution in [0.5, 0.6) is 0 Å². The molecule has 0 N–H and O–H groups in total. The first kappa shape index (κ1) is 20.2. The number of benzene rings is 1. The van der Waals surface area contributed by atoms with E-state index in [9.17, 15) is 0 Å². The van der Waals surface area contributed by atoms with Gasteiger partial charge in [-0.15, -0.1) is 0 Å². The van der Waals surface area contributed by atoms with Crippen LogP contribution in [0.3, 0.4) is 0 Å². The molecule has 0 bridgehead atoms. The molecule has 1 fully saturated rings. The molecular weight excluding hydrogens is 330 g/mol. The third kappa shape index (κ3) is 4.53. The van der Waals surface area contributed by atoms with E-state index in [2.05, 4.69) is 35.7 Å². The molecule has 1 unspecified atom stereocenters. The standard InChI is InChI=1S/C20H33NO3Si/c1-5-21(18-19-12-7-6-8-13-19)16-11-15-20(22-2)14-9-10-17-25(20,23-3)24-4/h5-8,12-13H,1,9-11,14-18H2,2-4H3. The van der Waals surface area contributed by atoms with Gasteiger partial charge < -0.3 is 18.5 Å². The molecule has 25 heavy (non-hydrogen) atoms. The average Bonchev–Trinajstić information content (AvgIpc) is 2.68. The van der Waals surface area contributed by atoms with E-state index in [1.54, 1.807) is 14.2 Å². The Hall–Kier alpha value is -1.14. The molecule has 0 saturated carbocycles. The molecule has 0 aromatic heterocycles. The van der Waals surface area contributed by atoms with Crippen molar-refractivity contribution in [3.8, 4) is 0 Å². The van der Waals surface area contributed by atoms with Crippen LogP contribution in [0, 0.1) is 0 Å². The predicted octanol–water partition coefficient (Wildman–Crippen LogP) is 4.26. The number of ether oxygens (including phenoxy) is 1. The van der Waals surface area contributed by atoms with Gasteiger partial charge in [0.25, 0.3) is 0 Å². The van der Waals surface area contributed by atoms with E-state index in [0.29, 0.717) is 0 Å². The minimum atomic E-state index is -2.33. The highest BCUT2D eigenvalue weighted by Crippen LogP contribution is 2.42. The van der Waals surface area contributed by atoms with Gasteiger partial charge in [0.2, 0.25) is 0 Å². The lowest BCUT2D eigenvalue weighted by atomic mass is 10.1. The maximum atomic E-state index is 6.08. The minimum absolute atomic E-state index is 0.242. The maximum Gasteiger partial charge on any atom is 0.370 e. The van der Waals surface area contributed by atoms with Gasteiger partial charge in [0.05, 0.1) is 0 Å². The SMILES string of the molecule is C=CN(CCCC1(OC)CCCC[Si]1(OC)OC)Cc1ccccc1. The van der Waals surface area contributed by atoms with Crippen LogP contribution in [0.1, 0.15) is 37.7 Å². The topological polar surface area (TPSA) is 30.9 Å². The van der Waals surface area contributed by atoms with E-state index < -0.39 is 8.56 Å². The summed E-state index contributed by atoms with van der Waals surface area (Å²) >= 11 is 0. The summed E-state index contributed by atoms with van der Waals surface area (Å²) in [6.07, 6.45) is 7.33. The molecule has 0 amide bonds. The Morgan fingerprint density at radius 1 is 1.16 bits per heavy atom. The van der Waals surface area contributed by atoms with Crippen molar-refractivity contribution in [3.05, 3.63) is 48.7 Å². The third-order valence-corrected chi connectivity index (χ3v) is 10.0. The first-order valence-electron chi connectivity index (χ1n) is 9.21. The number of hydrogen-bond acceptors (Lipinski definition) is 4. The molecule has 1 aliphatic rings. The monoisotopic (exact) mass is 363 g/mol. The smallest absolute Gasteiger partial charge is 0.370 e. The molecule has 1 aromatic rings. The zero-order valence-electron chi connectivity index (χ0n) is 16.0. The second-order valence-corrected chi connectivity index (χ2v) is 10.5. The molecule has 1 atom stereocenters. The van der Waals surface area contributed by atoms with Crippen LogP contribution in [0.4, 0.5) is 0 Å². The number of hydrogen-bond donors (Lipinski definition) is 0. The number of nitrogens with zero attached hydrogens (tertiary/aromatic N) is 1. The molecular formula is C20H33NO3Si. The molecule has 1 heterocycles. The Balaban J connectivity index is 1.97. The Bertz CT molecular complexity index is 521. The van der Waals surface area contributed by atoms with Crippen LogP contribution in [0.15, 0.2) is 43.1 Å². The van der Waals surface area contributed by atoms with Crippen molar-refractivity contribution in [2.45, 2.75) is 49.9 Å². The molecule has 0 aliphatic carbocycles. The van der Waals surface area contributed by atoms with E-state index >= 15 is 0 Å². The second kappa shape index (κ2) is 9.53. The van der Waals surface area contributed by atoms with Crippen molar-refractivity contribution in [2.24, 2.45) is 0 Å². The highest BCUT2D eigenvalue weighted by molar-refractivity contribution is 6.70. The lowest BCUT2D eigenvalue weighted by Gasteiger charge is -2.48. The summed E-state index contributed by atoms with van der Waals surface area (Å²) in [7, 11) is 3.07. The summed E-state index contributed by atoms with van der Waals surface area (Å²) in [4.78, 5) is 2.27. The van der Waals surface area contributed by atoms with Gasteiger partial charge in [-0.05, 0) is 37.1 Å². The van der Waals surface area contributed by atoms with Crippen molar-refractivity contribution >= 4 is 8.56 Å². The molecule has 0 spiro atoms. The van der Waals surface area contributed by atoms with Gasteiger partial charge in [-0.25, -0.2) is 0 Å². The Kier molecular flexibility index (Phi) is 7.69. The second-order valence-electron chi connectivity index (χ2n) is 6.81. The van der Waals surface area contributed by atoms with Crippen LogP contribution >= 0.6 is 0 Å². The van der Waals surface area contributed by atoms with Crippen LogP contribution in [-0.2, 0) is 20.1 Å². The van der Waals surface area contributed by atoms with Gasteiger partial charge in [0.15, 0.2) is 0 Å². The Morgan fingerprint density at radius 2 is 1.88 bits per heavy atom. The van der Waals surface area contributed by atoms with Crippen LogP contribution in [-0.4, -0.2) is 46.6 Å². The zero-order chi connectivity index (χ0) is 18.2. The molecule has 1 aliphatic heterocycles. The summed E-state index contributed by atoms with van der Waals surface area (Å²) in [6, 6.07) is 11.5. The van der Waals surface area contributed by atoms with Crippen LogP contribution in [0.2, 0.25) is 6.04 Å². The zero-order valence-corrected chi connectivity index (χ0v) is 17.0. The molecule has 0 radical (unpaired) electrons. The van der Waals surface area contributed by atoms with Gasteiger partial charge in [-0.2, -0.15) is 0 Å². The van der Waals surface area contributed by atoms with Gasteiger partial charge in [-0.1, -0.05) is 49.8 Å². The average molecular weight is 364 g/mol. The first-order chi connectivity index (χ1) is 12.1. The fourth-order valence-electron chi connectivity index (χ4n) is 4.14. The summed E-state index contributed by atoms with van der Waals surface area (Å²) in [6.45, 7) is 5.83. The molecule has 2 rings (SSSR count). The van der Waals surface area contributed by atoms with E-state index in [-0.39, 0.29) is 5.22 Å². The maximum absolute atomic E-state index is 6.08. The van der Waals surface area contributed by atoms with Gasteiger partial charge in [0, 0.05) is 34.4 Å². The first-order valence-corrected chi connectivity index (χ1v) is 11.2. The molecule has 5 heteroatoms. The van der Waals surface area contributed by atoms with Gasteiger partial charge in [0.1, 0.15) is 5.22 Å². The summed E-state index contributed by atoms with van der Waals surface area (Å²) in [5, 5.41) is -0.242. The van der Waals surface area contributed by atoms with Crippen LogP contribution < -0.4 is 0 Å². The molecule has 140 valence electrons. The minimum Gasteiger partial charge on any atom is -0.396 e. The highest BCUT2D eigenvalue weighted by Gasteiger charge is 2.58. The van der Waals surface area contributed by atoms with E-state index in [4.69, 9.17) is 13.6 Å². The molecule has 1 saturated heterocycles. The normalized spacial score (nSPS) is 22.5. The van der Waals surface area contributed by atoms with Crippen molar-refractivity contribution in [1.29, 1.82) is 0 Å². The number of rotatable bonds is 10. The highest BCUT2D eigenvalue weighted by atomic mass is 28.4. The fourth-order valence-corrected chi connectivity index (χ4v) is 8.06. The summed E-state index contributed by atoms with van der Waals surface area (Å²) in [5.74, 6) is 0.